The molecule has 0 unspecified atom stereocenters. The summed E-state index contributed by atoms with van der Waals surface area (Å²) in [6.45, 7) is 0.442. The van der Waals surface area contributed by atoms with E-state index in [9.17, 15) is 14.9 Å². The van der Waals surface area contributed by atoms with Gasteiger partial charge in [0, 0.05) is 18.8 Å². The van der Waals surface area contributed by atoms with Crippen LogP contribution in [0.15, 0.2) is 30.5 Å². The molecule has 0 radical (unpaired) electrons. The second kappa shape index (κ2) is 4.87. The number of non-ortho nitro benzene ring substituents is 1. The van der Waals surface area contributed by atoms with Crippen molar-refractivity contribution in [2.75, 3.05) is 7.11 Å². The predicted molar refractivity (Wildman–Crippen MR) is 65.2 cm³/mol. The van der Waals surface area contributed by atoms with Crippen molar-refractivity contribution >= 4 is 22.6 Å². The predicted octanol–water partition coefficient (Wildman–Crippen LogP) is 2.11. The van der Waals surface area contributed by atoms with E-state index in [1.807, 2.05) is 0 Å². The highest BCUT2D eigenvalue weighted by atomic mass is 16.6. The minimum Gasteiger partial charge on any atom is -0.469 e. The van der Waals surface area contributed by atoms with Gasteiger partial charge in [-0.05, 0) is 12.1 Å². The molecule has 0 amide bonds. The van der Waals surface area contributed by atoms with E-state index in [0.29, 0.717) is 11.9 Å². The maximum atomic E-state index is 11.1. The number of aromatic nitrogens is 1. The first-order valence-corrected chi connectivity index (χ1v) is 5.42. The SMILES string of the molecule is COC(=O)CCn1ccc2c([N+](=O)[O-])cccc21. The Morgan fingerprint density at radius 2 is 2.22 bits per heavy atom. The van der Waals surface area contributed by atoms with Gasteiger partial charge >= 0.3 is 5.97 Å². The molecule has 0 aliphatic carbocycles. The number of hydrogen-bond donors (Lipinski definition) is 0. The molecule has 0 fully saturated rings. The molecule has 94 valence electrons. The number of carbonyl (C=O) groups is 1. The number of aryl methyl sites for hydroxylation is 1. The maximum absolute atomic E-state index is 11.1. The third-order valence-corrected chi connectivity index (χ3v) is 2.77. The van der Waals surface area contributed by atoms with Crippen LogP contribution in [-0.2, 0) is 16.1 Å². The van der Waals surface area contributed by atoms with Crippen LogP contribution in [0.3, 0.4) is 0 Å². The summed E-state index contributed by atoms with van der Waals surface area (Å²) in [4.78, 5) is 21.5. The summed E-state index contributed by atoms with van der Waals surface area (Å²) < 4.78 is 6.37. The zero-order valence-electron chi connectivity index (χ0n) is 9.83. The van der Waals surface area contributed by atoms with Crippen LogP contribution in [0.25, 0.3) is 10.9 Å². The van der Waals surface area contributed by atoms with Crippen LogP contribution >= 0.6 is 0 Å². The topological polar surface area (TPSA) is 74.4 Å². The number of fused-ring (bicyclic) bond motifs is 1. The molecule has 1 heterocycles. The molecule has 0 N–H and O–H groups in total. The van der Waals surface area contributed by atoms with Crippen molar-refractivity contribution in [3.05, 3.63) is 40.6 Å². The van der Waals surface area contributed by atoms with Gasteiger partial charge in [-0.25, -0.2) is 0 Å². The monoisotopic (exact) mass is 248 g/mol. The molecule has 2 aromatic rings. The number of ether oxygens (including phenoxy) is 1. The summed E-state index contributed by atoms with van der Waals surface area (Å²) in [6, 6.07) is 6.58. The molecule has 6 heteroatoms. The summed E-state index contributed by atoms with van der Waals surface area (Å²) in [5.41, 5.74) is 0.817. The van der Waals surface area contributed by atoms with Crippen molar-refractivity contribution in [3.8, 4) is 0 Å². The highest BCUT2D eigenvalue weighted by molar-refractivity contribution is 5.89. The third kappa shape index (κ3) is 2.17. The van der Waals surface area contributed by atoms with Crippen molar-refractivity contribution in [3.63, 3.8) is 0 Å². The van der Waals surface area contributed by atoms with Gasteiger partial charge in [-0.2, -0.15) is 0 Å². The van der Waals surface area contributed by atoms with Crippen LogP contribution in [0, 0.1) is 10.1 Å². The minimum absolute atomic E-state index is 0.0734. The van der Waals surface area contributed by atoms with E-state index < -0.39 is 4.92 Å². The van der Waals surface area contributed by atoms with Gasteiger partial charge in [0.05, 0.1) is 29.4 Å². The molecular formula is C12H12N2O4. The van der Waals surface area contributed by atoms with Crippen LogP contribution in [0.5, 0.6) is 0 Å². The minimum atomic E-state index is -0.410. The van der Waals surface area contributed by atoms with Gasteiger partial charge in [0.2, 0.25) is 0 Å². The van der Waals surface area contributed by atoms with Crippen molar-refractivity contribution < 1.29 is 14.5 Å². The fourth-order valence-corrected chi connectivity index (χ4v) is 1.88. The molecule has 0 saturated carbocycles. The Bertz CT molecular complexity index is 603. The quantitative estimate of drug-likeness (QED) is 0.472. The van der Waals surface area contributed by atoms with Gasteiger partial charge in [0.25, 0.3) is 5.69 Å². The first kappa shape index (κ1) is 12.1. The van der Waals surface area contributed by atoms with Crippen LogP contribution in [0.1, 0.15) is 6.42 Å². The molecule has 0 saturated heterocycles. The van der Waals surface area contributed by atoms with Crippen LogP contribution in [-0.4, -0.2) is 22.6 Å². The van der Waals surface area contributed by atoms with E-state index in [1.54, 1.807) is 29.0 Å². The highest BCUT2D eigenvalue weighted by Gasteiger charge is 2.13. The number of esters is 1. The zero-order chi connectivity index (χ0) is 13.1. The van der Waals surface area contributed by atoms with Gasteiger partial charge in [0.15, 0.2) is 0 Å². The molecule has 6 nitrogen and oxygen atoms in total. The first-order valence-electron chi connectivity index (χ1n) is 5.42. The summed E-state index contributed by atoms with van der Waals surface area (Å²) >= 11 is 0. The van der Waals surface area contributed by atoms with Crippen molar-refractivity contribution in [2.45, 2.75) is 13.0 Å². The number of carbonyl (C=O) groups excluding carboxylic acids is 1. The van der Waals surface area contributed by atoms with Gasteiger partial charge < -0.3 is 9.30 Å². The van der Waals surface area contributed by atoms with E-state index in [2.05, 4.69) is 4.74 Å². The Kier molecular flexibility index (Phi) is 3.27. The molecule has 0 atom stereocenters. The van der Waals surface area contributed by atoms with Crippen molar-refractivity contribution in [1.82, 2.24) is 4.57 Å². The van der Waals surface area contributed by atoms with Gasteiger partial charge in [-0.3, -0.25) is 14.9 Å². The Balaban J connectivity index is 2.34. The summed E-state index contributed by atoms with van der Waals surface area (Å²) in [5, 5.41) is 11.4. The molecule has 0 aliphatic heterocycles. The number of nitrogens with zero attached hydrogens (tertiary/aromatic N) is 2. The third-order valence-electron chi connectivity index (χ3n) is 2.77. The van der Waals surface area contributed by atoms with Crippen LogP contribution in [0.4, 0.5) is 5.69 Å². The lowest BCUT2D eigenvalue weighted by molar-refractivity contribution is -0.383. The lowest BCUT2D eigenvalue weighted by Crippen LogP contribution is -2.06. The smallest absolute Gasteiger partial charge is 0.307 e. The largest absolute Gasteiger partial charge is 0.469 e. The number of nitro groups is 1. The maximum Gasteiger partial charge on any atom is 0.307 e. The number of rotatable bonds is 4. The van der Waals surface area contributed by atoms with Crippen molar-refractivity contribution in [2.24, 2.45) is 0 Å². The fourth-order valence-electron chi connectivity index (χ4n) is 1.88. The summed E-state index contributed by atoms with van der Waals surface area (Å²) in [6.07, 6.45) is 1.98. The standard InChI is InChI=1S/C12H12N2O4/c1-18-12(15)6-8-13-7-5-9-10(13)3-2-4-11(9)14(16)17/h2-5,7H,6,8H2,1H3. The second-order valence-electron chi connectivity index (χ2n) is 3.80. The molecule has 1 aromatic carbocycles. The van der Waals surface area contributed by atoms with Crippen molar-refractivity contribution in [1.29, 1.82) is 0 Å². The molecule has 2 rings (SSSR count). The van der Waals surface area contributed by atoms with Gasteiger partial charge in [-0.1, -0.05) is 6.07 Å². The molecule has 1 aromatic heterocycles. The number of hydrogen-bond acceptors (Lipinski definition) is 4. The lowest BCUT2D eigenvalue weighted by Gasteiger charge is -2.04. The molecule has 18 heavy (non-hydrogen) atoms. The number of nitro benzene ring substituents is 1. The molecular weight excluding hydrogens is 236 g/mol. The summed E-state index contributed by atoms with van der Waals surface area (Å²) in [5.74, 6) is -0.303. The zero-order valence-corrected chi connectivity index (χ0v) is 9.83. The molecule has 0 bridgehead atoms. The van der Waals surface area contributed by atoms with Gasteiger partial charge in [0.1, 0.15) is 0 Å². The van der Waals surface area contributed by atoms with E-state index in [1.165, 1.54) is 13.2 Å². The Morgan fingerprint density at radius 3 is 2.89 bits per heavy atom. The lowest BCUT2D eigenvalue weighted by atomic mass is 10.2. The Morgan fingerprint density at radius 1 is 1.44 bits per heavy atom. The molecule has 0 aliphatic rings. The average Bonchev–Trinajstić information content (AvgIpc) is 2.78. The normalized spacial score (nSPS) is 10.5. The first-order chi connectivity index (χ1) is 8.63. The fraction of sp³-hybridized carbons (Fsp3) is 0.250. The van der Waals surface area contributed by atoms with Crippen LogP contribution in [0.2, 0.25) is 0 Å². The molecule has 0 spiro atoms. The Labute approximate surface area is 103 Å². The number of benzene rings is 1. The van der Waals surface area contributed by atoms with E-state index in [0.717, 1.165) is 5.52 Å². The van der Waals surface area contributed by atoms with E-state index in [-0.39, 0.29) is 18.1 Å². The Hall–Kier alpha value is -2.37. The average molecular weight is 248 g/mol. The van der Waals surface area contributed by atoms with E-state index >= 15 is 0 Å². The van der Waals surface area contributed by atoms with E-state index in [4.69, 9.17) is 0 Å². The summed E-state index contributed by atoms with van der Waals surface area (Å²) in [7, 11) is 1.33. The number of methoxy groups -OCH3 is 1. The second-order valence-corrected chi connectivity index (χ2v) is 3.80. The van der Waals surface area contributed by atoms with Crippen LogP contribution < -0.4 is 0 Å². The van der Waals surface area contributed by atoms with Gasteiger partial charge in [-0.15, -0.1) is 0 Å². The highest BCUT2D eigenvalue weighted by Crippen LogP contribution is 2.26.